The van der Waals surface area contributed by atoms with Crippen molar-refractivity contribution in [2.24, 2.45) is 4.99 Å². The summed E-state index contributed by atoms with van der Waals surface area (Å²) >= 11 is 1.65. The van der Waals surface area contributed by atoms with E-state index in [1.165, 1.54) is 12.5 Å². The average molecular weight is 365 g/mol. The van der Waals surface area contributed by atoms with E-state index < -0.39 is 0 Å². The predicted octanol–water partition coefficient (Wildman–Crippen LogP) is 2.96. The second kappa shape index (κ2) is 6.84. The molecule has 0 saturated heterocycles. The first-order valence-corrected chi connectivity index (χ1v) is 9.36. The molecule has 7 heteroatoms. The van der Waals surface area contributed by atoms with Crippen molar-refractivity contribution in [1.29, 1.82) is 0 Å². The molecule has 1 aliphatic heterocycles. The van der Waals surface area contributed by atoms with Gasteiger partial charge in [0.25, 0.3) is 0 Å². The van der Waals surface area contributed by atoms with Crippen LogP contribution in [-0.4, -0.2) is 35.2 Å². The number of pyridine rings is 1. The minimum absolute atomic E-state index is 0.00711. The summed E-state index contributed by atoms with van der Waals surface area (Å²) in [4.78, 5) is 24.4. The molecule has 0 fully saturated rings. The van der Waals surface area contributed by atoms with Crippen LogP contribution in [0.4, 0.5) is 5.82 Å². The second-order valence-electron chi connectivity index (χ2n) is 6.28. The fourth-order valence-corrected chi connectivity index (χ4v) is 4.21. The Morgan fingerprint density at radius 2 is 2.23 bits per heavy atom. The van der Waals surface area contributed by atoms with Gasteiger partial charge in [0.2, 0.25) is 5.91 Å². The summed E-state index contributed by atoms with van der Waals surface area (Å²) in [5.41, 5.74) is 10.1. The summed E-state index contributed by atoms with van der Waals surface area (Å²) in [5, 5.41) is 4.90. The zero-order chi connectivity index (χ0) is 18.1. The number of carbonyl (C=O) groups is 1. The molecule has 132 valence electrons. The lowest BCUT2D eigenvalue weighted by atomic mass is 10.0. The lowest BCUT2D eigenvalue weighted by Gasteiger charge is -2.05. The number of fused-ring (bicyclic) bond motifs is 3. The smallest absolute Gasteiger partial charge is 0.216 e. The SMILES string of the molecule is CC(=O)NCCCc1nc2c(N)nc3cc(C4=CC=NC4)ccc3c2s1. The third-order valence-electron chi connectivity index (χ3n) is 4.35. The Hall–Kier alpha value is -2.80. The second-order valence-corrected chi connectivity index (χ2v) is 7.37. The number of rotatable bonds is 5. The molecule has 4 rings (SSSR count). The van der Waals surface area contributed by atoms with Crippen LogP contribution in [0.5, 0.6) is 0 Å². The number of thiazole rings is 1. The van der Waals surface area contributed by atoms with E-state index in [1.807, 2.05) is 12.3 Å². The van der Waals surface area contributed by atoms with E-state index in [0.29, 0.717) is 18.9 Å². The van der Waals surface area contributed by atoms with Gasteiger partial charge >= 0.3 is 0 Å². The van der Waals surface area contributed by atoms with Crippen LogP contribution in [0.2, 0.25) is 0 Å². The highest BCUT2D eigenvalue weighted by molar-refractivity contribution is 7.19. The Labute approximate surface area is 154 Å². The third-order valence-corrected chi connectivity index (χ3v) is 5.50. The molecule has 0 bridgehead atoms. The van der Waals surface area contributed by atoms with Crippen molar-refractivity contribution in [2.75, 3.05) is 18.8 Å². The van der Waals surface area contributed by atoms with Crippen molar-refractivity contribution in [2.45, 2.75) is 19.8 Å². The highest BCUT2D eigenvalue weighted by Crippen LogP contribution is 2.34. The summed E-state index contributed by atoms with van der Waals surface area (Å²) in [6, 6.07) is 6.27. The monoisotopic (exact) mass is 365 g/mol. The topological polar surface area (TPSA) is 93.3 Å². The predicted molar refractivity (Wildman–Crippen MR) is 108 cm³/mol. The van der Waals surface area contributed by atoms with Crippen LogP contribution < -0.4 is 11.1 Å². The van der Waals surface area contributed by atoms with Gasteiger partial charge < -0.3 is 11.1 Å². The molecule has 3 heterocycles. The molecule has 3 aromatic rings. The number of nitrogen functional groups attached to an aromatic ring is 1. The molecule has 0 unspecified atom stereocenters. The Kier molecular flexibility index (Phi) is 4.38. The van der Waals surface area contributed by atoms with Gasteiger partial charge in [0.1, 0.15) is 5.52 Å². The number of carbonyl (C=O) groups excluding carboxylic acids is 1. The maximum absolute atomic E-state index is 10.9. The van der Waals surface area contributed by atoms with Crippen LogP contribution in [0.25, 0.3) is 26.7 Å². The summed E-state index contributed by atoms with van der Waals surface area (Å²) in [6.07, 6.45) is 5.52. The van der Waals surface area contributed by atoms with Crippen molar-refractivity contribution >= 4 is 56.0 Å². The first kappa shape index (κ1) is 16.7. The van der Waals surface area contributed by atoms with E-state index in [4.69, 9.17) is 5.73 Å². The number of aryl methyl sites for hydroxylation is 1. The Balaban J connectivity index is 1.66. The average Bonchev–Trinajstić information content (AvgIpc) is 3.28. The number of hydrogen-bond acceptors (Lipinski definition) is 6. The van der Waals surface area contributed by atoms with E-state index in [0.717, 1.165) is 44.5 Å². The number of hydrogen-bond donors (Lipinski definition) is 2. The molecule has 0 radical (unpaired) electrons. The maximum Gasteiger partial charge on any atom is 0.216 e. The number of amides is 1. The number of anilines is 1. The molecule has 3 N–H and O–H groups in total. The molecular formula is C19H19N5OS. The van der Waals surface area contributed by atoms with Gasteiger partial charge in [-0.2, -0.15) is 0 Å². The molecule has 26 heavy (non-hydrogen) atoms. The van der Waals surface area contributed by atoms with Crippen molar-refractivity contribution < 1.29 is 4.79 Å². The van der Waals surface area contributed by atoms with Crippen molar-refractivity contribution in [1.82, 2.24) is 15.3 Å². The fraction of sp³-hybridized carbons (Fsp3) is 0.263. The zero-order valence-corrected chi connectivity index (χ0v) is 15.3. The lowest BCUT2D eigenvalue weighted by molar-refractivity contribution is -0.118. The molecule has 1 aliphatic rings. The number of nitrogens with two attached hydrogens (primary N) is 1. The van der Waals surface area contributed by atoms with Crippen LogP contribution in [0.3, 0.4) is 0 Å². The molecular weight excluding hydrogens is 346 g/mol. The van der Waals surface area contributed by atoms with E-state index in [-0.39, 0.29) is 5.91 Å². The van der Waals surface area contributed by atoms with Gasteiger partial charge in [0.05, 0.1) is 21.8 Å². The van der Waals surface area contributed by atoms with Gasteiger partial charge in [-0.1, -0.05) is 12.1 Å². The molecule has 1 aromatic carbocycles. The normalized spacial score (nSPS) is 13.5. The maximum atomic E-state index is 10.9. The van der Waals surface area contributed by atoms with E-state index in [2.05, 4.69) is 38.5 Å². The summed E-state index contributed by atoms with van der Waals surface area (Å²) in [7, 11) is 0. The minimum atomic E-state index is -0.00711. The van der Waals surface area contributed by atoms with Crippen molar-refractivity contribution in [3.05, 3.63) is 34.8 Å². The first-order chi connectivity index (χ1) is 12.6. The van der Waals surface area contributed by atoms with Crippen molar-refractivity contribution in [3.8, 4) is 0 Å². The summed E-state index contributed by atoms with van der Waals surface area (Å²) in [6.45, 7) is 2.89. The van der Waals surface area contributed by atoms with E-state index >= 15 is 0 Å². The van der Waals surface area contributed by atoms with Gasteiger partial charge in [-0.25, -0.2) is 9.97 Å². The molecule has 0 spiro atoms. The van der Waals surface area contributed by atoms with Crippen LogP contribution in [0.1, 0.15) is 23.9 Å². The van der Waals surface area contributed by atoms with Crippen LogP contribution in [-0.2, 0) is 11.2 Å². The number of nitrogens with one attached hydrogen (secondary N) is 1. The van der Waals surface area contributed by atoms with Crippen molar-refractivity contribution in [3.63, 3.8) is 0 Å². The highest BCUT2D eigenvalue weighted by atomic mass is 32.1. The summed E-state index contributed by atoms with van der Waals surface area (Å²) in [5.74, 6) is 0.456. The molecule has 1 amide bonds. The van der Waals surface area contributed by atoms with E-state index in [9.17, 15) is 4.79 Å². The van der Waals surface area contributed by atoms with Crippen LogP contribution in [0, 0.1) is 0 Å². The largest absolute Gasteiger partial charge is 0.382 e. The minimum Gasteiger partial charge on any atom is -0.382 e. The number of aromatic nitrogens is 2. The van der Waals surface area contributed by atoms with Crippen LogP contribution >= 0.6 is 11.3 Å². The van der Waals surface area contributed by atoms with Gasteiger partial charge in [-0.05, 0) is 29.7 Å². The van der Waals surface area contributed by atoms with Gasteiger partial charge in [0, 0.05) is 31.5 Å². The first-order valence-electron chi connectivity index (χ1n) is 8.54. The van der Waals surface area contributed by atoms with Gasteiger partial charge in [-0.15, -0.1) is 11.3 Å². The molecule has 0 saturated carbocycles. The lowest BCUT2D eigenvalue weighted by Crippen LogP contribution is -2.21. The fourth-order valence-electron chi connectivity index (χ4n) is 3.06. The van der Waals surface area contributed by atoms with Crippen LogP contribution in [0.15, 0.2) is 29.3 Å². The molecule has 6 nitrogen and oxygen atoms in total. The van der Waals surface area contributed by atoms with Gasteiger partial charge in [-0.3, -0.25) is 9.79 Å². The zero-order valence-electron chi connectivity index (χ0n) is 14.5. The Morgan fingerprint density at radius 1 is 1.35 bits per heavy atom. The Morgan fingerprint density at radius 3 is 3.00 bits per heavy atom. The van der Waals surface area contributed by atoms with Gasteiger partial charge in [0.15, 0.2) is 5.82 Å². The standard InChI is InChI=1S/C19H19N5OS/c1-11(25)22-7-2-3-16-24-17-18(26-16)14-5-4-12(13-6-8-21-10-13)9-15(14)23-19(17)20/h4-6,8-9H,2-3,7,10H2,1H3,(H2,20,23)(H,22,25). The molecule has 0 atom stereocenters. The Bertz CT molecular complexity index is 1070. The number of allylic oxidation sites excluding steroid dienone is 1. The molecule has 2 aromatic heterocycles. The van der Waals surface area contributed by atoms with E-state index in [1.54, 1.807) is 11.3 Å². The number of nitrogens with zero attached hydrogens (tertiary/aromatic N) is 3. The third kappa shape index (κ3) is 3.17. The summed E-state index contributed by atoms with van der Waals surface area (Å²) < 4.78 is 1.07. The number of aliphatic imine (C=N–C) groups is 1. The quantitative estimate of drug-likeness (QED) is 0.680. The molecule has 0 aliphatic carbocycles. The highest BCUT2D eigenvalue weighted by Gasteiger charge is 2.14. The number of benzene rings is 1.